The fourth-order valence-corrected chi connectivity index (χ4v) is 3.62. The van der Waals surface area contributed by atoms with E-state index in [1.54, 1.807) is 0 Å². The molecule has 1 N–H and O–H groups in total. The van der Waals surface area contributed by atoms with Gasteiger partial charge in [0.1, 0.15) is 5.75 Å². The van der Waals surface area contributed by atoms with Crippen LogP contribution in [-0.4, -0.2) is 13.2 Å². The number of halogens is 3. The van der Waals surface area contributed by atoms with Gasteiger partial charge in [0, 0.05) is 6.54 Å². The van der Waals surface area contributed by atoms with E-state index in [0.717, 1.165) is 34.2 Å². The van der Waals surface area contributed by atoms with E-state index < -0.39 is 0 Å². The molecule has 0 fully saturated rings. The lowest BCUT2D eigenvalue weighted by Gasteiger charge is -2.11. The minimum atomic E-state index is 0. The number of benzene rings is 2. The summed E-state index contributed by atoms with van der Waals surface area (Å²) in [5, 5.41) is 3.47. The summed E-state index contributed by atoms with van der Waals surface area (Å²) >= 11 is 7.12. The first-order chi connectivity index (χ1) is 10.2. The molecule has 0 radical (unpaired) electrons. The monoisotopic (exact) mass is 447 g/mol. The van der Waals surface area contributed by atoms with Crippen LogP contribution < -0.4 is 10.1 Å². The SMILES string of the molecule is CCOc1c(Br)cc(CNCCc2ccccc2)cc1Br.Cl. The number of hydrogen-bond acceptors (Lipinski definition) is 2. The minimum Gasteiger partial charge on any atom is -0.492 e. The van der Waals surface area contributed by atoms with Crippen molar-refractivity contribution in [2.75, 3.05) is 13.2 Å². The van der Waals surface area contributed by atoms with Gasteiger partial charge in [0.2, 0.25) is 0 Å². The van der Waals surface area contributed by atoms with Gasteiger partial charge >= 0.3 is 0 Å². The molecule has 0 aliphatic heterocycles. The second-order valence-electron chi connectivity index (χ2n) is 4.73. The predicted octanol–water partition coefficient (Wildman–Crippen LogP) is 5.36. The molecule has 0 bridgehead atoms. The van der Waals surface area contributed by atoms with Crippen LogP contribution in [0.5, 0.6) is 5.75 Å². The summed E-state index contributed by atoms with van der Waals surface area (Å²) in [6.45, 7) is 4.45. The maximum atomic E-state index is 5.59. The van der Waals surface area contributed by atoms with E-state index in [0.29, 0.717) is 6.61 Å². The number of ether oxygens (including phenoxy) is 1. The second-order valence-corrected chi connectivity index (χ2v) is 6.44. The predicted molar refractivity (Wildman–Crippen MR) is 102 cm³/mol. The summed E-state index contributed by atoms with van der Waals surface area (Å²) in [7, 11) is 0. The molecule has 2 nitrogen and oxygen atoms in total. The van der Waals surface area contributed by atoms with E-state index >= 15 is 0 Å². The van der Waals surface area contributed by atoms with Crippen molar-refractivity contribution in [3.63, 3.8) is 0 Å². The fourth-order valence-electron chi connectivity index (χ4n) is 2.11. The third-order valence-electron chi connectivity index (χ3n) is 3.11. The van der Waals surface area contributed by atoms with Gasteiger partial charge in [-0.05, 0) is 75.0 Å². The molecule has 0 amide bonds. The van der Waals surface area contributed by atoms with Crippen molar-refractivity contribution in [1.29, 1.82) is 0 Å². The molecule has 2 rings (SSSR count). The van der Waals surface area contributed by atoms with Gasteiger partial charge in [0.15, 0.2) is 0 Å². The van der Waals surface area contributed by atoms with Crippen molar-refractivity contribution in [2.45, 2.75) is 19.9 Å². The van der Waals surface area contributed by atoms with Crippen LogP contribution >= 0.6 is 44.3 Å². The van der Waals surface area contributed by atoms with Crippen molar-refractivity contribution in [3.05, 3.63) is 62.5 Å². The van der Waals surface area contributed by atoms with Crippen LogP contribution in [0.4, 0.5) is 0 Å². The van der Waals surface area contributed by atoms with E-state index in [1.807, 2.05) is 13.0 Å². The third kappa shape index (κ3) is 5.92. The molecular weight excluding hydrogens is 429 g/mol. The smallest absolute Gasteiger partial charge is 0.147 e. The summed E-state index contributed by atoms with van der Waals surface area (Å²) in [6, 6.07) is 14.7. The zero-order chi connectivity index (χ0) is 15.1. The standard InChI is InChI=1S/C17H19Br2NO.ClH/c1-2-21-17-15(18)10-14(11-16(17)19)12-20-9-8-13-6-4-3-5-7-13;/h3-7,10-11,20H,2,8-9,12H2,1H3;1H. The molecule has 2 aromatic carbocycles. The fraction of sp³-hybridized carbons (Fsp3) is 0.294. The molecule has 22 heavy (non-hydrogen) atoms. The quantitative estimate of drug-likeness (QED) is 0.574. The number of hydrogen-bond donors (Lipinski definition) is 1. The molecule has 0 saturated carbocycles. The Morgan fingerprint density at radius 3 is 2.23 bits per heavy atom. The molecule has 0 unspecified atom stereocenters. The van der Waals surface area contributed by atoms with Gasteiger partial charge in [0.05, 0.1) is 15.6 Å². The maximum Gasteiger partial charge on any atom is 0.147 e. The van der Waals surface area contributed by atoms with Crippen molar-refractivity contribution in [1.82, 2.24) is 5.32 Å². The third-order valence-corrected chi connectivity index (χ3v) is 4.29. The van der Waals surface area contributed by atoms with Gasteiger partial charge in [-0.3, -0.25) is 0 Å². The maximum absolute atomic E-state index is 5.59. The zero-order valence-electron chi connectivity index (χ0n) is 12.4. The first kappa shape index (κ1) is 19.5. The van der Waals surface area contributed by atoms with Gasteiger partial charge in [-0.15, -0.1) is 12.4 Å². The second kappa shape index (κ2) is 10.3. The molecule has 0 aromatic heterocycles. The molecule has 2 aromatic rings. The van der Waals surface area contributed by atoms with Crippen LogP contribution in [0.3, 0.4) is 0 Å². The molecule has 0 saturated heterocycles. The summed E-state index contributed by atoms with van der Waals surface area (Å²) in [4.78, 5) is 0. The van der Waals surface area contributed by atoms with Gasteiger partial charge < -0.3 is 10.1 Å². The lowest BCUT2D eigenvalue weighted by Crippen LogP contribution is -2.16. The summed E-state index contributed by atoms with van der Waals surface area (Å²) in [5.41, 5.74) is 2.59. The van der Waals surface area contributed by atoms with Crippen LogP contribution in [0, 0.1) is 0 Å². The average Bonchev–Trinajstić information content (AvgIpc) is 2.48. The lowest BCUT2D eigenvalue weighted by atomic mass is 10.1. The Balaban J connectivity index is 0.00000242. The van der Waals surface area contributed by atoms with Gasteiger partial charge in [-0.25, -0.2) is 0 Å². The van der Waals surface area contributed by atoms with E-state index in [9.17, 15) is 0 Å². The van der Waals surface area contributed by atoms with Gasteiger partial charge in [-0.1, -0.05) is 30.3 Å². The van der Waals surface area contributed by atoms with Crippen LogP contribution in [0.15, 0.2) is 51.4 Å². The van der Waals surface area contributed by atoms with E-state index in [-0.39, 0.29) is 12.4 Å². The highest BCUT2D eigenvalue weighted by Crippen LogP contribution is 2.34. The van der Waals surface area contributed by atoms with Crippen LogP contribution in [0.1, 0.15) is 18.1 Å². The molecule has 0 atom stereocenters. The molecular formula is C17H20Br2ClNO. The Hall–Kier alpha value is -0.550. The Morgan fingerprint density at radius 2 is 1.64 bits per heavy atom. The Labute approximate surface area is 155 Å². The van der Waals surface area contributed by atoms with Crippen molar-refractivity contribution in [2.24, 2.45) is 0 Å². The first-order valence-corrected chi connectivity index (χ1v) is 8.64. The Bertz CT molecular complexity index is 555. The van der Waals surface area contributed by atoms with Crippen LogP contribution in [0.2, 0.25) is 0 Å². The van der Waals surface area contributed by atoms with E-state index in [4.69, 9.17) is 4.74 Å². The lowest BCUT2D eigenvalue weighted by molar-refractivity contribution is 0.336. The molecule has 0 aliphatic rings. The highest BCUT2D eigenvalue weighted by Gasteiger charge is 2.08. The Morgan fingerprint density at radius 1 is 1.00 bits per heavy atom. The number of nitrogens with one attached hydrogen (secondary N) is 1. The van der Waals surface area contributed by atoms with Gasteiger partial charge in [-0.2, -0.15) is 0 Å². The Kier molecular flexibility index (Phi) is 9.10. The van der Waals surface area contributed by atoms with Crippen LogP contribution in [-0.2, 0) is 13.0 Å². The topological polar surface area (TPSA) is 21.3 Å². The minimum absolute atomic E-state index is 0. The van der Waals surface area contributed by atoms with E-state index in [2.05, 4.69) is 73.6 Å². The van der Waals surface area contributed by atoms with Gasteiger partial charge in [0.25, 0.3) is 0 Å². The van der Waals surface area contributed by atoms with Crippen molar-refractivity contribution < 1.29 is 4.74 Å². The molecule has 120 valence electrons. The molecule has 0 heterocycles. The van der Waals surface area contributed by atoms with Crippen LogP contribution in [0.25, 0.3) is 0 Å². The van der Waals surface area contributed by atoms with E-state index in [1.165, 1.54) is 11.1 Å². The summed E-state index contributed by atoms with van der Waals surface area (Å²) in [5.74, 6) is 0.866. The normalized spacial score (nSPS) is 10.1. The number of rotatable bonds is 7. The zero-order valence-corrected chi connectivity index (χ0v) is 16.4. The summed E-state index contributed by atoms with van der Waals surface area (Å²) in [6.07, 6.45) is 1.04. The first-order valence-electron chi connectivity index (χ1n) is 7.06. The summed E-state index contributed by atoms with van der Waals surface area (Å²) < 4.78 is 7.56. The highest BCUT2D eigenvalue weighted by molar-refractivity contribution is 9.11. The molecule has 0 aliphatic carbocycles. The highest BCUT2D eigenvalue weighted by atomic mass is 79.9. The molecule has 0 spiro atoms. The molecule has 5 heteroatoms. The largest absolute Gasteiger partial charge is 0.492 e. The van der Waals surface area contributed by atoms with Crippen molar-refractivity contribution in [3.8, 4) is 5.75 Å². The average molecular weight is 450 g/mol. The van der Waals surface area contributed by atoms with Crippen molar-refractivity contribution >= 4 is 44.3 Å².